The van der Waals surface area contributed by atoms with Gasteiger partial charge in [0, 0.05) is 25.6 Å². The van der Waals surface area contributed by atoms with Crippen molar-refractivity contribution in [3.05, 3.63) is 193 Å². The monoisotopic (exact) mass is 728 g/mol. The summed E-state index contributed by atoms with van der Waals surface area (Å²) in [5.74, 6) is 0. The topological polar surface area (TPSA) is 0 Å². The molecule has 0 unspecified atom stereocenters. The van der Waals surface area contributed by atoms with Crippen molar-refractivity contribution in [1.82, 2.24) is 0 Å². The van der Waals surface area contributed by atoms with Gasteiger partial charge in [0.05, 0.1) is 0 Å². The Morgan fingerprint density at radius 2 is 0.964 bits per heavy atom. The van der Waals surface area contributed by atoms with Crippen LogP contribution in [0.5, 0.6) is 0 Å². The molecule has 0 saturated carbocycles. The predicted molar refractivity (Wildman–Crippen MR) is 243 cm³/mol. The molecule has 1 heteroatoms. The molecule has 12 rings (SSSR count). The summed E-state index contributed by atoms with van der Waals surface area (Å²) in [6.07, 6.45) is 0. The lowest BCUT2D eigenvalue weighted by Gasteiger charge is -2.23. The quantitative estimate of drug-likeness (QED) is 0.159. The van der Waals surface area contributed by atoms with E-state index >= 15 is 0 Å². The molecule has 11 aromatic rings. The van der Waals surface area contributed by atoms with Crippen LogP contribution in [-0.2, 0) is 5.41 Å². The lowest BCUT2D eigenvalue weighted by molar-refractivity contribution is 0.666. The molecular weight excluding hydrogens is 693 g/mol. The molecular formula is C55H36S. The molecule has 0 aliphatic heterocycles. The highest BCUT2D eigenvalue weighted by molar-refractivity contribution is 7.25. The van der Waals surface area contributed by atoms with Gasteiger partial charge in [-0.1, -0.05) is 166 Å². The highest BCUT2D eigenvalue weighted by atomic mass is 32.1. The molecule has 0 radical (unpaired) electrons. The molecule has 1 aliphatic carbocycles. The van der Waals surface area contributed by atoms with E-state index in [1.165, 1.54) is 119 Å². The molecule has 0 saturated heterocycles. The van der Waals surface area contributed by atoms with Crippen LogP contribution in [0.1, 0.15) is 25.0 Å². The first kappa shape index (κ1) is 31.8. The van der Waals surface area contributed by atoms with Gasteiger partial charge in [-0.3, -0.25) is 0 Å². The fraction of sp³-hybridized carbons (Fsp3) is 0.0545. The van der Waals surface area contributed by atoms with Gasteiger partial charge in [0.25, 0.3) is 0 Å². The third-order valence-corrected chi connectivity index (χ3v) is 13.7. The van der Waals surface area contributed by atoms with E-state index in [9.17, 15) is 0 Å². The lowest BCUT2D eigenvalue weighted by atomic mass is 9.80. The van der Waals surface area contributed by atoms with Crippen molar-refractivity contribution in [2.45, 2.75) is 19.3 Å². The van der Waals surface area contributed by atoms with E-state index in [-0.39, 0.29) is 5.41 Å². The Labute approximate surface area is 329 Å². The van der Waals surface area contributed by atoms with E-state index in [4.69, 9.17) is 0 Å². The third kappa shape index (κ3) is 4.47. The number of hydrogen-bond acceptors (Lipinski definition) is 1. The normalized spacial score (nSPS) is 13.3. The Morgan fingerprint density at radius 3 is 1.75 bits per heavy atom. The van der Waals surface area contributed by atoms with Crippen molar-refractivity contribution < 1.29 is 0 Å². The van der Waals surface area contributed by atoms with Crippen LogP contribution in [-0.4, -0.2) is 0 Å². The average Bonchev–Trinajstić information content (AvgIpc) is 3.72. The summed E-state index contributed by atoms with van der Waals surface area (Å²) >= 11 is 1.91. The van der Waals surface area contributed by atoms with Crippen molar-refractivity contribution in [3.63, 3.8) is 0 Å². The molecule has 1 heterocycles. The number of benzene rings is 10. The van der Waals surface area contributed by atoms with Crippen LogP contribution in [0.3, 0.4) is 0 Å². The summed E-state index contributed by atoms with van der Waals surface area (Å²) < 4.78 is 2.71. The fourth-order valence-corrected chi connectivity index (χ4v) is 11.2. The largest absolute Gasteiger partial charge is 0.135 e. The van der Waals surface area contributed by atoms with Crippen molar-refractivity contribution >= 4 is 74.6 Å². The summed E-state index contributed by atoms with van der Waals surface area (Å²) in [6.45, 7) is 4.81. The van der Waals surface area contributed by atoms with Crippen molar-refractivity contribution in [1.29, 1.82) is 0 Å². The molecule has 0 spiro atoms. The van der Waals surface area contributed by atoms with Gasteiger partial charge in [-0.05, 0) is 129 Å². The summed E-state index contributed by atoms with van der Waals surface area (Å²) in [6, 6.07) is 68.3. The van der Waals surface area contributed by atoms with Gasteiger partial charge in [0.15, 0.2) is 0 Å². The molecule has 0 N–H and O–H groups in total. The molecule has 10 aromatic carbocycles. The SMILES string of the molecule is CC1(C)c2ccc(-c3cccc(-c4c5ccccc5c(-c5cccc6ccccc56)c5ccccc45)c3)cc2-c2ccc3cc4c(cc3c21)sc1ccccc14. The minimum Gasteiger partial charge on any atom is -0.135 e. The maximum Gasteiger partial charge on any atom is 0.0361 e. The smallest absolute Gasteiger partial charge is 0.0361 e. The Bertz CT molecular complexity index is 3390. The zero-order chi connectivity index (χ0) is 37.1. The minimum absolute atomic E-state index is 0.113. The Balaban J connectivity index is 1.03. The summed E-state index contributed by atoms with van der Waals surface area (Å²) in [5.41, 5.74) is 13.0. The van der Waals surface area contributed by atoms with Crippen LogP contribution in [0.25, 0.3) is 108 Å². The summed E-state index contributed by atoms with van der Waals surface area (Å²) in [5, 5.41) is 13.0. The minimum atomic E-state index is -0.113. The molecule has 1 aliphatic rings. The third-order valence-electron chi connectivity index (χ3n) is 12.6. The first-order valence-electron chi connectivity index (χ1n) is 19.6. The van der Waals surface area contributed by atoms with Gasteiger partial charge in [0.2, 0.25) is 0 Å². The van der Waals surface area contributed by atoms with Crippen LogP contribution in [0.2, 0.25) is 0 Å². The molecule has 1 aromatic heterocycles. The van der Waals surface area contributed by atoms with Crippen LogP contribution >= 0.6 is 11.3 Å². The maximum atomic E-state index is 2.46. The predicted octanol–water partition coefficient (Wildman–Crippen LogP) is 16.0. The first-order valence-corrected chi connectivity index (χ1v) is 20.4. The highest BCUT2D eigenvalue weighted by Crippen LogP contribution is 2.53. The molecule has 0 atom stereocenters. The van der Waals surface area contributed by atoms with E-state index in [1.54, 1.807) is 0 Å². The second-order valence-corrected chi connectivity index (χ2v) is 17.1. The summed E-state index contributed by atoms with van der Waals surface area (Å²) in [7, 11) is 0. The zero-order valence-electron chi connectivity index (χ0n) is 31.2. The molecule has 0 fully saturated rings. The number of thiophene rings is 1. The van der Waals surface area contributed by atoms with Gasteiger partial charge >= 0.3 is 0 Å². The van der Waals surface area contributed by atoms with Gasteiger partial charge in [-0.2, -0.15) is 0 Å². The van der Waals surface area contributed by atoms with Crippen LogP contribution in [0.4, 0.5) is 0 Å². The Hall–Kier alpha value is -6.54. The number of hydrogen-bond donors (Lipinski definition) is 0. The number of fused-ring (bicyclic) bond motifs is 11. The number of rotatable bonds is 3. The van der Waals surface area contributed by atoms with E-state index in [2.05, 4.69) is 196 Å². The van der Waals surface area contributed by atoms with Gasteiger partial charge in [-0.15, -0.1) is 11.3 Å². The van der Waals surface area contributed by atoms with Crippen LogP contribution in [0, 0.1) is 0 Å². The van der Waals surface area contributed by atoms with Gasteiger partial charge in [0.1, 0.15) is 0 Å². The van der Waals surface area contributed by atoms with Crippen LogP contribution in [0.15, 0.2) is 182 Å². The lowest BCUT2D eigenvalue weighted by Crippen LogP contribution is -2.15. The average molecular weight is 729 g/mol. The highest BCUT2D eigenvalue weighted by Gasteiger charge is 2.37. The van der Waals surface area contributed by atoms with Crippen molar-refractivity contribution in [3.8, 4) is 44.5 Å². The Kier molecular flexibility index (Phi) is 6.66. The molecule has 0 bridgehead atoms. The second kappa shape index (κ2) is 11.7. The molecule has 56 heavy (non-hydrogen) atoms. The molecule has 0 nitrogen and oxygen atoms in total. The fourth-order valence-electron chi connectivity index (χ4n) is 10.1. The second-order valence-electron chi connectivity index (χ2n) is 16.0. The molecule has 0 amide bonds. The van der Waals surface area contributed by atoms with E-state index < -0.39 is 0 Å². The van der Waals surface area contributed by atoms with E-state index in [0.717, 1.165) is 0 Å². The van der Waals surface area contributed by atoms with Gasteiger partial charge < -0.3 is 0 Å². The summed E-state index contributed by atoms with van der Waals surface area (Å²) in [4.78, 5) is 0. The standard InChI is InChI=1S/C55H36S/c1-55(2)49-28-26-35(30-47(49)45-27-25-36-31-48-39-18-9-10-24-50(39)56-51(48)32-46(36)54(45)55)34-15-11-16-37(29-34)52-41-19-5-7-21-43(41)53(44-22-8-6-20-42(44)52)40-23-12-14-33-13-3-4-17-38(33)40/h3-32H,1-2H3. The van der Waals surface area contributed by atoms with Crippen molar-refractivity contribution in [2.75, 3.05) is 0 Å². The van der Waals surface area contributed by atoms with E-state index in [0.29, 0.717) is 0 Å². The maximum absolute atomic E-state index is 2.46. The zero-order valence-corrected chi connectivity index (χ0v) is 32.0. The van der Waals surface area contributed by atoms with Crippen LogP contribution < -0.4 is 0 Å². The van der Waals surface area contributed by atoms with Gasteiger partial charge in [-0.25, -0.2) is 0 Å². The van der Waals surface area contributed by atoms with E-state index in [1.807, 2.05) is 11.3 Å². The Morgan fingerprint density at radius 1 is 0.339 bits per heavy atom. The first-order chi connectivity index (χ1) is 27.5. The molecule has 262 valence electrons. The van der Waals surface area contributed by atoms with Crippen molar-refractivity contribution in [2.24, 2.45) is 0 Å².